The van der Waals surface area contributed by atoms with E-state index in [0.717, 1.165) is 6.04 Å². The van der Waals surface area contributed by atoms with Crippen LogP contribution in [0.3, 0.4) is 0 Å². The smallest absolute Gasteiger partial charge is 0.372 e. The van der Waals surface area contributed by atoms with Gasteiger partial charge in [-0.25, -0.2) is 0 Å². The molecule has 1 rings (SSSR count). The van der Waals surface area contributed by atoms with Gasteiger partial charge in [-0.2, -0.15) is 0 Å². The van der Waals surface area contributed by atoms with Crippen molar-refractivity contribution in [3.63, 3.8) is 0 Å². The molecule has 1 radical (unpaired) electrons. The van der Waals surface area contributed by atoms with Crippen molar-refractivity contribution in [2.45, 2.75) is 39.9 Å². The molecule has 1 aromatic carbocycles. The predicted molar refractivity (Wildman–Crippen MR) is 92.1 cm³/mol. The van der Waals surface area contributed by atoms with Crippen LogP contribution in [0, 0.1) is 0 Å². The molecule has 0 N–H and O–H groups in total. The predicted octanol–water partition coefficient (Wildman–Crippen LogP) is 3.74. The zero-order valence-electron chi connectivity index (χ0n) is 13.5. The molecule has 0 fully saturated rings. The van der Waals surface area contributed by atoms with Crippen molar-refractivity contribution >= 4 is 27.7 Å². The first-order valence-corrected chi connectivity index (χ1v) is 11.9. The van der Waals surface area contributed by atoms with Gasteiger partial charge in [0.15, 0.2) is 0 Å². The van der Waals surface area contributed by atoms with E-state index in [2.05, 4.69) is 50.9 Å². The first-order chi connectivity index (χ1) is 9.50. The van der Waals surface area contributed by atoms with Gasteiger partial charge in [-0.15, -0.1) is 0 Å². The Morgan fingerprint density at radius 2 is 1.75 bits per heavy atom. The summed E-state index contributed by atoms with van der Waals surface area (Å²) in [5, 5.41) is 2.49. The van der Waals surface area contributed by atoms with E-state index in [9.17, 15) is 0 Å². The second-order valence-electron chi connectivity index (χ2n) is 5.03. The van der Waals surface area contributed by atoms with Gasteiger partial charge < -0.3 is 8.85 Å². The monoisotopic (exact) mass is 307 g/mol. The number of benzene rings is 1. The summed E-state index contributed by atoms with van der Waals surface area (Å²) in [4.78, 5) is 0. The largest absolute Gasteiger partial charge is 0.391 e. The summed E-state index contributed by atoms with van der Waals surface area (Å²) in [6.45, 7) is 16.4. The van der Waals surface area contributed by atoms with Gasteiger partial charge in [-0.05, 0) is 30.6 Å². The van der Waals surface area contributed by atoms with Crippen LogP contribution in [0.2, 0.25) is 19.1 Å². The maximum atomic E-state index is 6.10. The van der Waals surface area contributed by atoms with Crippen LogP contribution in [0.5, 0.6) is 0 Å². The SMILES string of the molecule is C=C(c1cccc([Si](CC)(OCC)OCC)c1)[Si](C)C. The summed E-state index contributed by atoms with van der Waals surface area (Å²) in [5.41, 5.74) is 1.24. The number of rotatable bonds is 8. The van der Waals surface area contributed by atoms with Crippen LogP contribution in [0.15, 0.2) is 30.8 Å². The van der Waals surface area contributed by atoms with E-state index < -0.39 is 17.4 Å². The van der Waals surface area contributed by atoms with E-state index in [4.69, 9.17) is 8.85 Å². The molecule has 0 saturated carbocycles. The summed E-state index contributed by atoms with van der Waals surface area (Å²) >= 11 is 0. The Morgan fingerprint density at radius 3 is 2.20 bits per heavy atom. The fourth-order valence-corrected chi connectivity index (χ4v) is 5.94. The molecule has 2 nitrogen and oxygen atoms in total. The van der Waals surface area contributed by atoms with Crippen LogP contribution in [-0.2, 0) is 8.85 Å². The van der Waals surface area contributed by atoms with Crippen molar-refractivity contribution in [1.29, 1.82) is 0 Å². The highest BCUT2D eigenvalue weighted by molar-refractivity contribution is 6.81. The maximum absolute atomic E-state index is 6.10. The van der Waals surface area contributed by atoms with E-state index in [0.29, 0.717) is 13.2 Å². The van der Waals surface area contributed by atoms with Gasteiger partial charge in [0, 0.05) is 13.2 Å². The minimum absolute atomic E-state index is 0.517. The standard InChI is InChI=1S/C16H27O2Si2/c1-7-17-20(9-3,18-8-2)16-12-10-11-15(13-16)14(4)19(5)6/h10-13H,4,7-9H2,1-3,5-6H3. The Balaban J connectivity index is 3.20. The Bertz CT molecular complexity index is 438. The Kier molecular flexibility index (Phi) is 6.88. The first-order valence-electron chi connectivity index (χ1n) is 7.39. The molecule has 0 spiro atoms. The second kappa shape index (κ2) is 7.93. The van der Waals surface area contributed by atoms with E-state index in [1.54, 1.807) is 0 Å². The number of hydrogen-bond donors (Lipinski definition) is 0. The molecule has 0 saturated heterocycles. The van der Waals surface area contributed by atoms with Crippen molar-refractivity contribution in [2.24, 2.45) is 0 Å². The second-order valence-corrected chi connectivity index (χ2v) is 11.0. The van der Waals surface area contributed by atoms with E-state index in [1.165, 1.54) is 15.9 Å². The van der Waals surface area contributed by atoms with E-state index >= 15 is 0 Å². The molecular weight excluding hydrogens is 280 g/mol. The fraction of sp³-hybridized carbons (Fsp3) is 0.500. The first kappa shape index (κ1) is 17.4. The molecule has 1 aromatic rings. The lowest BCUT2D eigenvalue weighted by Gasteiger charge is -2.29. The molecular formula is C16H27O2Si2. The molecule has 0 aliphatic rings. The molecule has 20 heavy (non-hydrogen) atoms. The fourth-order valence-electron chi connectivity index (χ4n) is 2.32. The molecule has 0 amide bonds. The summed E-state index contributed by atoms with van der Waals surface area (Å²) in [5.74, 6) is 0. The topological polar surface area (TPSA) is 18.5 Å². The molecule has 4 heteroatoms. The Morgan fingerprint density at radius 1 is 1.15 bits per heavy atom. The minimum Gasteiger partial charge on any atom is -0.391 e. The van der Waals surface area contributed by atoms with Crippen molar-refractivity contribution < 1.29 is 8.85 Å². The van der Waals surface area contributed by atoms with Crippen LogP contribution in [0.4, 0.5) is 0 Å². The van der Waals surface area contributed by atoms with Crippen molar-refractivity contribution in [2.75, 3.05) is 13.2 Å². The highest BCUT2D eigenvalue weighted by Crippen LogP contribution is 2.19. The van der Waals surface area contributed by atoms with E-state index in [-0.39, 0.29) is 0 Å². The molecule has 0 aliphatic carbocycles. The normalized spacial score (nSPS) is 11.9. The van der Waals surface area contributed by atoms with Gasteiger partial charge in [-0.1, -0.05) is 56.1 Å². The molecule has 0 heterocycles. The highest BCUT2D eigenvalue weighted by Gasteiger charge is 2.37. The lowest BCUT2D eigenvalue weighted by molar-refractivity contribution is 0.197. The van der Waals surface area contributed by atoms with Gasteiger partial charge in [0.25, 0.3) is 0 Å². The van der Waals surface area contributed by atoms with Crippen LogP contribution < -0.4 is 5.19 Å². The summed E-state index contributed by atoms with van der Waals surface area (Å²) in [6.07, 6.45) is 0. The average Bonchev–Trinajstić information content (AvgIpc) is 2.46. The van der Waals surface area contributed by atoms with Crippen LogP contribution in [0.1, 0.15) is 26.3 Å². The molecule has 0 unspecified atom stereocenters. The lowest BCUT2D eigenvalue weighted by atomic mass is 10.2. The summed E-state index contributed by atoms with van der Waals surface area (Å²) in [6, 6.07) is 9.57. The molecule has 0 aliphatic heterocycles. The van der Waals surface area contributed by atoms with Gasteiger partial charge in [0.1, 0.15) is 0 Å². The molecule has 0 atom stereocenters. The molecule has 0 aromatic heterocycles. The third-order valence-electron chi connectivity index (χ3n) is 3.47. The Hall–Kier alpha value is -0.686. The van der Waals surface area contributed by atoms with Crippen LogP contribution >= 0.6 is 0 Å². The minimum atomic E-state index is -2.29. The zero-order valence-corrected chi connectivity index (χ0v) is 15.5. The quantitative estimate of drug-likeness (QED) is 0.681. The Labute approximate surface area is 126 Å². The van der Waals surface area contributed by atoms with Gasteiger partial charge in [-0.3, -0.25) is 0 Å². The average molecular weight is 308 g/mol. The van der Waals surface area contributed by atoms with Gasteiger partial charge in [0.2, 0.25) is 0 Å². The third-order valence-corrected chi connectivity index (χ3v) is 8.60. The third kappa shape index (κ3) is 3.91. The number of hydrogen-bond acceptors (Lipinski definition) is 2. The summed E-state index contributed by atoms with van der Waals surface area (Å²) in [7, 11) is -2.80. The van der Waals surface area contributed by atoms with E-state index in [1.807, 2.05) is 13.8 Å². The highest BCUT2D eigenvalue weighted by atomic mass is 28.4. The van der Waals surface area contributed by atoms with Gasteiger partial charge >= 0.3 is 8.56 Å². The molecule has 0 bridgehead atoms. The van der Waals surface area contributed by atoms with Crippen molar-refractivity contribution in [3.8, 4) is 0 Å². The maximum Gasteiger partial charge on any atom is 0.372 e. The van der Waals surface area contributed by atoms with Crippen LogP contribution in [-0.4, -0.2) is 30.6 Å². The summed E-state index contributed by atoms with van der Waals surface area (Å²) < 4.78 is 12.2. The van der Waals surface area contributed by atoms with Gasteiger partial charge in [0.05, 0.1) is 8.80 Å². The molecule has 111 valence electrons. The van der Waals surface area contributed by atoms with Crippen LogP contribution in [0.25, 0.3) is 5.20 Å². The zero-order chi connectivity index (χ0) is 15.2. The van der Waals surface area contributed by atoms with Crippen molar-refractivity contribution in [3.05, 3.63) is 36.4 Å². The van der Waals surface area contributed by atoms with Crippen molar-refractivity contribution in [1.82, 2.24) is 0 Å². The lowest BCUT2D eigenvalue weighted by Crippen LogP contribution is -2.53.